The number of hydrogen-bond donors (Lipinski definition) is 1. The molecule has 1 N–H and O–H groups in total. The van der Waals surface area contributed by atoms with E-state index in [9.17, 15) is 18.4 Å². The van der Waals surface area contributed by atoms with Gasteiger partial charge in [-0.25, -0.2) is 8.78 Å². The lowest BCUT2D eigenvalue weighted by molar-refractivity contribution is -0.139. The SMILES string of the molecule is COC(=O)CC(=O)c1cc(F)cc(F)c1O. The molecule has 0 saturated heterocycles. The maximum Gasteiger partial charge on any atom is 0.313 e. The first kappa shape index (κ1) is 12.1. The highest BCUT2D eigenvalue weighted by Gasteiger charge is 2.19. The summed E-state index contributed by atoms with van der Waals surface area (Å²) in [6, 6.07) is 1.09. The van der Waals surface area contributed by atoms with Gasteiger partial charge >= 0.3 is 5.97 Å². The van der Waals surface area contributed by atoms with Crippen LogP contribution in [-0.4, -0.2) is 24.0 Å². The number of ether oxygens (including phenoxy) is 1. The molecule has 0 unspecified atom stereocenters. The maximum absolute atomic E-state index is 12.9. The van der Waals surface area contributed by atoms with Crippen molar-refractivity contribution in [2.45, 2.75) is 6.42 Å². The van der Waals surface area contributed by atoms with E-state index in [0.29, 0.717) is 12.1 Å². The zero-order chi connectivity index (χ0) is 12.3. The number of ketones is 1. The van der Waals surface area contributed by atoms with Crippen LogP contribution in [0.15, 0.2) is 12.1 Å². The summed E-state index contributed by atoms with van der Waals surface area (Å²) in [6.45, 7) is 0. The van der Waals surface area contributed by atoms with Crippen molar-refractivity contribution in [3.63, 3.8) is 0 Å². The number of aromatic hydroxyl groups is 1. The largest absolute Gasteiger partial charge is 0.504 e. The Balaban J connectivity index is 3.04. The summed E-state index contributed by atoms with van der Waals surface area (Å²) in [5.74, 6) is -5.01. The second kappa shape index (κ2) is 4.69. The van der Waals surface area contributed by atoms with E-state index in [0.717, 1.165) is 7.11 Å². The predicted octanol–water partition coefficient (Wildman–Crippen LogP) is 1.42. The molecule has 1 rings (SSSR count). The fraction of sp³-hybridized carbons (Fsp3) is 0.200. The molecule has 0 amide bonds. The van der Waals surface area contributed by atoms with E-state index in [4.69, 9.17) is 5.11 Å². The van der Waals surface area contributed by atoms with Crippen molar-refractivity contribution in [2.75, 3.05) is 7.11 Å². The van der Waals surface area contributed by atoms with Crippen LogP contribution < -0.4 is 0 Å². The molecular formula is C10H8F2O4. The van der Waals surface area contributed by atoms with Gasteiger partial charge in [-0.05, 0) is 6.07 Å². The summed E-state index contributed by atoms with van der Waals surface area (Å²) in [6.07, 6.45) is -0.688. The van der Waals surface area contributed by atoms with Crippen molar-refractivity contribution >= 4 is 11.8 Å². The number of rotatable bonds is 3. The maximum atomic E-state index is 12.9. The smallest absolute Gasteiger partial charge is 0.313 e. The Morgan fingerprint density at radius 1 is 1.38 bits per heavy atom. The van der Waals surface area contributed by atoms with Gasteiger partial charge in [-0.15, -0.1) is 0 Å². The number of hydrogen-bond acceptors (Lipinski definition) is 4. The minimum atomic E-state index is -1.26. The second-order valence-corrected chi connectivity index (χ2v) is 2.96. The summed E-state index contributed by atoms with van der Waals surface area (Å²) < 4.78 is 29.8. The average molecular weight is 230 g/mol. The van der Waals surface area contributed by atoms with Crippen molar-refractivity contribution < 1.29 is 28.2 Å². The minimum absolute atomic E-state index is 0.435. The van der Waals surface area contributed by atoms with Gasteiger partial charge in [0, 0.05) is 6.07 Å². The van der Waals surface area contributed by atoms with Gasteiger partial charge in [0.2, 0.25) is 0 Å². The number of halogens is 2. The Kier molecular flexibility index (Phi) is 3.55. The van der Waals surface area contributed by atoms with Crippen LogP contribution in [0.2, 0.25) is 0 Å². The van der Waals surface area contributed by atoms with E-state index in [1.807, 2.05) is 0 Å². The third kappa shape index (κ3) is 2.53. The van der Waals surface area contributed by atoms with E-state index < -0.39 is 41.1 Å². The quantitative estimate of drug-likeness (QED) is 0.484. The van der Waals surface area contributed by atoms with Crippen LogP contribution in [0.4, 0.5) is 8.78 Å². The molecule has 0 aromatic heterocycles. The minimum Gasteiger partial charge on any atom is -0.504 e. The number of carbonyl (C=O) groups is 2. The lowest BCUT2D eigenvalue weighted by atomic mass is 10.1. The number of benzene rings is 1. The van der Waals surface area contributed by atoms with Crippen LogP contribution >= 0.6 is 0 Å². The van der Waals surface area contributed by atoms with Crippen LogP contribution in [0.1, 0.15) is 16.8 Å². The number of Topliss-reactive ketones (excluding diaryl/α,β-unsaturated/α-hetero) is 1. The molecule has 0 spiro atoms. The Morgan fingerprint density at radius 2 is 2.00 bits per heavy atom. The zero-order valence-electron chi connectivity index (χ0n) is 8.29. The van der Waals surface area contributed by atoms with Crippen molar-refractivity contribution in [1.82, 2.24) is 0 Å². The highest BCUT2D eigenvalue weighted by Crippen LogP contribution is 2.23. The third-order valence-corrected chi connectivity index (χ3v) is 1.86. The van der Waals surface area contributed by atoms with Crippen LogP contribution in [-0.2, 0) is 9.53 Å². The predicted molar refractivity (Wildman–Crippen MR) is 49.0 cm³/mol. The Hall–Kier alpha value is -1.98. The molecule has 0 aliphatic rings. The summed E-state index contributed by atoms with van der Waals surface area (Å²) >= 11 is 0. The van der Waals surface area contributed by atoms with E-state index in [-0.39, 0.29) is 0 Å². The molecule has 1 aromatic rings. The molecular weight excluding hydrogens is 222 g/mol. The van der Waals surface area contributed by atoms with Gasteiger partial charge < -0.3 is 9.84 Å². The van der Waals surface area contributed by atoms with Gasteiger partial charge in [-0.3, -0.25) is 9.59 Å². The molecule has 0 atom stereocenters. The molecule has 0 fully saturated rings. The van der Waals surface area contributed by atoms with E-state index in [1.165, 1.54) is 0 Å². The highest BCUT2D eigenvalue weighted by molar-refractivity contribution is 6.07. The molecule has 0 heterocycles. The zero-order valence-corrected chi connectivity index (χ0v) is 8.29. The summed E-state index contributed by atoms with van der Waals surface area (Å²) in [4.78, 5) is 22.1. The van der Waals surface area contributed by atoms with Crippen LogP contribution in [0, 0.1) is 11.6 Å². The Morgan fingerprint density at radius 3 is 2.56 bits per heavy atom. The van der Waals surface area contributed by atoms with Gasteiger partial charge in [0.05, 0.1) is 12.7 Å². The van der Waals surface area contributed by atoms with Crippen molar-refractivity contribution in [2.24, 2.45) is 0 Å². The number of carbonyl (C=O) groups excluding carboxylic acids is 2. The van der Waals surface area contributed by atoms with E-state index in [1.54, 1.807) is 0 Å². The molecule has 16 heavy (non-hydrogen) atoms. The molecule has 0 radical (unpaired) electrons. The molecule has 0 aliphatic heterocycles. The summed E-state index contributed by atoms with van der Waals surface area (Å²) in [5, 5.41) is 9.16. The normalized spacial score (nSPS) is 9.94. The van der Waals surface area contributed by atoms with Gasteiger partial charge in [0.15, 0.2) is 17.3 Å². The molecule has 4 nitrogen and oxygen atoms in total. The fourth-order valence-corrected chi connectivity index (χ4v) is 1.08. The lowest BCUT2D eigenvalue weighted by Gasteiger charge is -2.04. The molecule has 0 bridgehead atoms. The van der Waals surface area contributed by atoms with Gasteiger partial charge in [-0.2, -0.15) is 0 Å². The average Bonchev–Trinajstić information content (AvgIpc) is 2.22. The number of phenolic OH excluding ortho intramolecular Hbond substituents is 1. The number of esters is 1. The fourth-order valence-electron chi connectivity index (χ4n) is 1.08. The molecule has 1 aromatic carbocycles. The summed E-state index contributed by atoms with van der Waals surface area (Å²) in [5.41, 5.74) is -0.581. The number of methoxy groups -OCH3 is 1. The first-order valence-corrected chi connectivity index (χ1v) is 4.23. The molecule has 0 saturated carbocycles. The molecule has 6 heteroatoms. The highest BCUT2D eigenvalue weighted by atomic mass is 19.1. The van der Waals surface area contributed by atoms with Gasteiger partial charge in [0.1, 0.15) is 12.2 Å². The van der Waals surface area contributed by atoms with Crippen molar-refractivity contribution in [3.05, 3.63) is 29.3 Å². The van der Waals surface area contributed by atoms with Crippen molar-refractivity contribution in [1.29, 1.82) is 0 Å². The van der Waals surface area contributed by atoms with E-state index in [2.05, 4.69) is 4.74 Å². The number of phenols is 1. The van der Waals surface area contributed by atoms with Crippen molar-refractivity contribution in [3.8, 4) is 5.75 Å². The standard InChI is InChI=1S/C10H8F2O4/c1-16-9(14)4-8(13)6-2-5(11)3-7(12)10(6)15/h2-3,15H,4H2,1H3. The van der Waals surface area contributed by atoms with Gasteiger partial charge in [0.25, 0.3) is 0 Å². The third-order valence-electron chi connectivity index (χ3n) is 1.86. The van der Waals surface area contributed by atoms with Crippen LogP contribution in [0.5, 0.6) is 5.75 Å². The topological polar surface area (TPSA) is 63.6 Å². The summed E-state index contributed by atoms with van der Waals surface area (Å²) in [7, 11) is 1.07. The van der Waals surface area contributed by atoms with Crippen LogP contribution in [0.25, 0.3) is 0 Å². The first-order valence-electron chi connectivity index (χ1n) is 4.23. The Labute approximate surface area is 89.5 Å². The first-order chi connectivity index (χ1) is 7.45. The van der Waals surface area contributed by atoms with Crippen LogP contribution in [0.3, 0.4) is 0 Å². The monoisotopic (exact) mass is 230 g/mol. The second-order valence-electron chi connectivity index (χ2n) is 2.96. The van der Waals surface area contributed by atoms with Gasteiger partial charge in [-0.1, -0.05) is 0 Å². The lowest BCUT2D eigenvalue weighted by Crippen LogP contribution is -2.10. The molecule has 86 valence electrons. The Bertz CT molecular complexity index is 443. The van der Waals surface area contributed by atoms with E-state index >= 15 is 0 Å². The molecule has 0 aliphatic carbocycles.